The molecule has 0 aromatic rings. The first kappa shape index (κ1) is 13.4. The van der Waals surface area contributed by atoms with Gasteiger partial charge in [-0.3, -0.25) is 9.69 Å². The number of nitrogens with one attached hydrogen (secondary N) is 1. The number of carbonyl (C=O) groups is 1. The first-order valence-electron chi connectivity index (χ1n) is 7.98. The molecule has 4 heteroatoms. The summed E-state index contributed by atoms with van der Waals surface area (Å²) in [5, 5.41) is 3.37. The third-order valence-electron chi connectivity index (χ3n) is 5.18. The fraction of sp³-hybridized carbons (Fsp3) is 0.933. The Kier molecular flexibility index (Phi) is 4.08. The van der Waals surface area contributed by atoms with Gasteiger partial charge in [-0.25, -0.2) is 0 Å². The molecule has 3 heterocycles. The molecule has 3 aliphatic rings. The summed E-state index contributed by atoms with van der Waals surface area (Å²) in [6, 6.07) is 1.05. The van der Waals surface area contributed by atoms with Crippen LogP contribution < -0.4 is 5.32 Å². The quantitative estimate of drug-likeness (QED) is 0.811. The van der Waals surface area contributed by atoms with E-state index in [-0.39, 0.29) is 0 Å². The van der Waals surface area contributed by atoms with Crippen molar-refractivity contribution < 1.29 is 4.79 Å². The number of carbonyl (C=O) groups excluding carboxylic acids is 1. The maximum absolute atomic E-state index is 12.6. The summed E-state index contributed by atoms with van der Waals surface area (Å²) in [6.07, 6.45) is 5.71. The van der Waals surface area contributed by atoms with Gasteiger partial charge in [-0.05, 0) is 58.2 Å². The van der Waals surface area contributed by atoms with Crippen LogP contribution in [-0.4, -0.2) is 60.5 Å². The Labute approximate surface area is 116 Å². The van der Waals surface area contributed by atoms with Crippen LogP contribution in [0.2, 0.25) is 0 Å². The van der Waals surface area contributed by atoms with Gasteiger partial charge in [-0.1, -0.05) is 0 Å². The van der Waals surface area contributed by atoms with Gasteiger partial charge in [0.2, 0.25) is 5.91 Å². The minimum absolute atomic E-state index is 0.406. The molecule has 19 heavy (non-hydrogen) atoms. The summed E-state index contributed by atoms with van der Waals surface area (Å²) < 4.78 is 0. The number of hydrogen-bond donors (Lipinski definition) is 1. The van der Waals surface area contributed by atoms with E-state index < -0.39 is 0 Å². The van der Waals surface area contributed by atoms with Crippen molar-refractivity contribution in [2.75, 3.05) is 32.7 Å². The van der Waals surface area contributed by atoms with Gasteiger partial charge in [0.15, 0.2) is 0 Å². The summed E-state index contributed by atoms with van der Waals surface area (Å²) in [5.41, 5.74) is 0. The number of rotatable bonds is 2. The maximum Gasteiger partial charge on any atom is 0.223 e. The third-order valence-corrected chi connectivity index (χ3v) is 5.18. The predicted molar refractivity (Wildman–Crippen MR) is 76.0 cm³/mol. The second-order valence-corrected chi connectivity index (χ2v) is 6.58. The van der Waals surface area contributed by atoms with Gasteiger partial charge in [0.1, 0.15) is 0 Å². The van der Waals surface area contributed by atoms with Crippen LogP contribution in [0.5, 0.6) is 0 Å². The van der Waals surface area contributed by atoms with E-state index in [2.05, 4.69) is 22.0 Å². The SMILES string of the molecule is CC1CN2CCCC2CN1C(=O)CC1CCNCC1. The fourth-order valence-electron chi connectivity index (χ4n) is 3.98. The second-order valence-electron chi connectivity index (χ2n) is 6.58. The Balaban J connectivity index is 1.56. The molecule has 0 aromatic carbocycles. The highest BCUT2D eigenvalue weighted by atomic mass is 16.2. The van der Waals surface area contributed by atoms with Gasteiger partial charge in [-0.15, -0.1) is 0 Å². The van der Waals surface area contributed by atoms with Crippen LogP contribution >= 0.6 is 0 Å². The van der Waals surface area contributed by atoms with Crippen molar-refractivity contribution in [3.8, 4) is 0 Å². The predicted octanol–water partition coefficient (Wildman–Crippen LogP) is 1.07. The van der Waals surface area contributed by atoms with Crippen LogP contribution in [0.1, 0.15) is 39.0 Å². The lowest BCUT2D eigenvalue weighted by Gasteiger charge is -2.43. The average molecular weight is 265 g/mol. The molecule has 108 valence electrons. The summed E-state index contributed by atoms with van der Waals surface area (Å²) in [6.45, 7) is 7.70. The van der Waals surface area contributed by atoms with E-state index in [1.54, 1.807) is 0 Å². The average Bonchev–Trinajstić information content (AvgIpc) is 2.86. The van der Waals surface area contributed by atoms with Crippen molar-refractivity contribution in [1.82, 2.24) is 15.1 Å². The molecule has 0 radical (unpaired) electrons. The molecule has 0 spiro atoms. The molecule has 0 saturated carbocycles. The van der Waals surface area contributed by atoms with E-state index in [1.165, 1.54) is 32.2 Å². The molecule has 2 atom stereocenters. The molecule has 4 nitrogen and oxygen atoms in total. The minimum Gasteiger partial charge on any atom is -0.337 e. The number of piperazine rings is 1. The normalized spacial score (nSPS) is 33.4. The third kappa shape index (κ3) is 2.95. The summed E-state index contributed by atoms with van der Waals surface area (Å²) >= 11 is 0. The molecule has 1 N–H and O–H groups in total. The Hall–Kier alpha value is -0.610. The fourth-order valence-corrected chi connectivity index (χ4v) is 3.98. The van der Waals surface area contributed by atoms with Crippen molar-refractivity contribution in [3.63, 3.8) is 0 Å². The highest BCUT2D eigenvalue weighted by Crippen LogP contribution is 2.26. The van der Waals surface area contributed by atoms with Crippen LogP contribution in [0, 0.1) is 5.92 Å². The molecule has 0 aromatic heterocycles. The molecular weight excluding hydrogens is 238 g/mol. The monoisotopic (exact) mass is 265 g/mol. The molecule has 3 saturated heterocycles. The topological polar surface area (TPSA) is 35.6 Å². The summed E-state index contributed by atoms with van der Waals surface area (Å²) in [5.74, 6) is 1.02. The largest absolute Gasteiger partial charge is 0.337 e. The first-order chi connectivity index (χ1) is 9.24. The van der Waals surface area contributed by atoms with Crippen molar-refractivity contribution in [1.29, 1.82) is 0 Å². The van der Waals surface area contributed by atoms with Gasteiger partial charge in [0.25, 0.3) is 0 Å². The van der Waals surface area contributed by atoms with Gasteiger partial charge in [0.05, 0.1) is 0 Å². The Morgan fingerprint density at radius 1 is 1.21 bits per heavy atom. The van der Waals surface area contributed by atoms with E-state index in [1.807, 2.05) is 0 Å². The van der Waals surface area contributed by atoms with Crippen LogP contribution in [0.4, 0.5) is 0 Å². The number of piperidine rings is 1. The van der Waals surface area contributed by atoms with Crippen molar-refractivity contribution in [2.24, 2.45) is 5.92 Å². The lowest BCUT2D eigenvalue weighted by Crippen LogP contribution is -2.57. The van der Waals surface area contributed by atoms with E-state index in [4.69, 9.17) is 0 Å². The summed E-state index contributed by atoms with van der Waals surface area (Å²) in [7, 11) is 0. The number of hydrogen-bond acceptors (Lipinski definition) is 3. The smallest absolute Gasteiger partial charge is 0.223 e. The maximum atomic E-state index is 12.6. The van der Waals surface area contributed by atoms with Gasteiger partial charge in [-0.2, -0.15) is 0 Å². The standard InChI is InChI=1S/C15H27N3O/c1-12-10-17-8-2-3-14(17)11-18(12)15(19)9-13-4-6-16-7-5-13/h12-14,16H,2-11H2,1H3. The van der Waals surface area contributed by atoms with Crippen LogP contribution in [-0.2, 0) is 4.79 Å². The van der Waals surface area contributed by atoms with Crippen molar-refractivity contribution in [2.45, 2.75) is 51.1 Å². The zero-order valence-electron chi connectivity index (χ0n) is 12.1. The molecule has 1 amide bonds. The van der Waals surface area contributed by atoms with Crippen molar-refractivity contribution in [3.05, 3.63) is 0 Å². The molecule has 0 aliphatic carbocycles. The number of amides is 1. The van der Waals surface area contributed by atoms with Gasteiger partial charge < -0.3 is 10.2 Å². The van der Waals surface area contributed by atoms with Crippen LogP contribution in [0.15, 0.2) is 0 Å². The molecule has 3 rings (SSSR count). The van der Waals surface area contributed by atoms with Crippen LogP contribution in [0.25, 0.3) is 0 Å². The lowest BCUT2D eigenvalue weighted by molar-refractivity contribution is -0.138. The van der Waals surface area contributed by atoms with Gasteiger partial charge >= 0.3 is 0 Å². The first-order valence-corrected chi connectivity index (χ1v) is 7.98. The zero-order chi connectivity index (χ0) is 13.2. The lowest BCUT2D eigenvalue weighted by atomic mass is 9.93. The molecule has 0 bridgehead atoms. The molecular formula is C15H27N3O. The van der Waals surface area contributed by atoms with Crippen LogP contribution in [0.3, 0.4) is 0 Å². The van der Waals surface area contributed by atoms with Crippen molar-refractivity contribution >= 4 is 5.91 Å². The van der Waals surface area contributed by atoms with E-state index in [0.717, 1.165) is 32.6 Å². The Morgan fingerprint density at radius 3 is 2.79 bits per heavy atom. The summed E-state index contributed by atoms with van der Waals surface area (Å²) in [4.78, 5) is 17.3. The molecule has 2 unspecified atom stereocenters. The molecule has 3 aliphatic heterocycles. The Morgan fingerprint density at radius 2 is 2.00 bits per heavy atom. The minimum atomic E-state index is 0.406. The van der Waals surface area contributed by atoms with E-state index >= 15 is 0 Å². The molecule has 3 fully saturated rings. The Bertz CT molecular complexity index is 327. The second kappa shape index (κ2) is 5.80. The zero-order valence-corrected chi connectivity index (χ0v) is 12.1. The van der Waals surface area contributed by atoms with E-state index in [9.17, 15) is 4.79 Å². The van der Waals surface area contributed by atoms with Gasteiger partial charge in [0, 0.05) is 31.6 Å². The highest BCUT2D eigenvalue weighted by Gasteiger charge is 2.36. The number of fused-ring (bicyclic) bond motifs is 1. The number of nitrogens with zero attached hydrogens (tertiary/aromatic N) is 2. The van der Waals surface area contributed by atoms with E-state index in [0.29, 0.717) is 23.9 Å². The highest BCUT2D eigenvalue weighted by molar-refractivity contribution is 5.77.